The van der Waals surface area contributed by atoms with Gasteiger partial charge in [0, 0.05) is 16.3 Å². The van der Waals surface area contributed by atoms with E-state index in [9.17, 15) is 0 Å². The number of fused-ring (bicyclic) bond motifs is 5. The number of thiophene rings is 1. The minimum atomic E-state index is 0.564. The van der Waals surface area contributed by atoms with Crippen LogP contribution < -0.4 is 0 Å². The summed E-state index contributed by atoms with van der Waals surface area (Å²) in [6.07, 6.45) is 2.03. The molecule has 0 aliphatic rings. The van der Waals surface area contributed by atoms with Crippen LogP contribution in [0.1, 0.15) is 0 Å². The van der Waals surface area contributed by atoms with Crippen LogP contribution in [0.5, 0.6) is 0 Å². The van der Waals surface area contributed by atoms with Crippen molar-refractivity contribution >= 4 is 48.9 Å². The van der Waals surface area contributed by atoms with Crippen LogP contribution in [0.2, 0.25) is 5.15 Å². The molecule has 0 saturated carbocycles. The lowest BCUT2D eigenvalue weighted by Crippen LogP contribution is -1.87. The molecule has 0 amide bonds. The van der Waals surface area contributed by atoms with Crippen molar-refractivity contribution in [3.8, 4) is 0 Å². The Balaban J connectivity index is 2.41. The van der Waals surface area contributed by atoms with Gasteiger partial charge in [-0.1, -0.05) is 29.8 Å². The lowest BCUT2D eigenvalue weighted by Gasteiger charge is -2.00. The predicted molar refractivity (Wildman–Crippen MR) is 73.1 cm³/mol. The van der Waals surface area contributed by atoms with Gasteiger partial charge in [0.05, 0.1) is 11.0 Å². The minimum absolute atomic E-state index is 0.564. The fraction of sp³-hybridized carbons (Fsp3) is 0. The lowest BCUT2D eigenvalue weighted by atomic mass is 10.2. The molecule has 0 fully saturated rings. The molecule has 4 aromatic rings. The number of hydrogen-bond donors (Lipinski definition) is 0. The number of nitrogens with zero attached hydrogens (tertiary/aromatic N) is 2. The molecule has 1 aromatic carbocycles. The molecular formula is C13H7ClN2S. The average molecular weight is 259 g/mol. The lowest BCUT2D eigenvalue weighted by molar-refractivity contribution is 1.25. The number of hydrogen-bond acceptors (Lipinski definition) is 2. The normalized spacial score (nSPS) is 11.8. The van der Waals surface area contributed by atoms with Gasteiger partial charge in [0.2, 0.25) is 0 Å². The average Bonchev–Trinajstić information content (AvgIpc) is 2.90. The summed E-state index contributed by atoms with van der Waals surface area (Å²) in [6, 6.07) is 12.3. The molecule has 82 valence electrons. The molecule has 3 aromatic heterocycles. The molecule has 0 spiro atoms. The fourth-order valence-corrected chi connectivity index (χ4v) is 3.58. The Labute approximate surface area is 106 Å². The van der Waals surface area contributed by atoms with Crippen molar-refractivity contribution in [3.63, 3.8) is 0 Å². The quantitative estimate of drug-likeness (QED) is 0.458. The summed E-state index contributed by atoms with van der Waals surface area (Å²) >= 11 is 7.86. The second-order valence-corrected chi connectivity index (χ2v) is 5.31. The summed E-state index contributed by atoms with van der Waals surface area (Å²) in [5.41, 5.74) is 2.11. The van der Waals surface area contributed by atoms with E-state index in [2.05, 4.69) is 27.6 Å². The van der Waals surface area contributed by atoms with Crippen LogP contribution in [0.4, 0.5) is 0 Å². The number of benzene rings is 1. The summed E-state index contributed by atoms with van der Waals surface area (Å²) in [5, 5.41) is 1.80. The molecule has 0 unspecified atom stereocenters. The molecule has 4 rings (SSSR count). The van der Waals surface area contributed by atoms with Crippen molar-refractivity contribution in [1.82, 2.24) is 9.38 Å². The van der Waals surface area contributed by atoms with Gasteiger partial charge < -0.3 is 4.40 Å². The summed E-state index contributed by atoms with van der Waals surface area (Å²) in [5.74, 6) is 0. The maximum Gasteiger partial charge on any atom is 0.154 e. The van der Waals surface area contributed by atoms with Crippen molar-refractivity contribution in [2.24, 2.45) is 0 Å². The van der Waals surface area contributed by atoms with E-state index >= 15 is 0 Å². The first-order valence-electron chi connectivity index (χ1n) is 5.28. The van der Waals surface area contributed by atoms with Crippen molar-refractivity contribution in [3.05, 3.63) is 47.7 Å². The Morgan fingerprint density at radius 1 is 1.12 bits per heavy atom. The van der Waals surface area contributed by atoms with Crippen LogP contribution in [0.25, 0.3) is 25.9 Å². The molecule has 17 heavy (non-hydrogen) atoms. The van der Waals surface area contributed by atoms with Crippen LogP contribution in [-0.2, 0) is 0 Å². The second-order valence-electron chi connectivity index (χ2n) is 3.92. The molecular weight excluding hydrogens is 252 g/mol. The Bertz CT molecular complexity index is 860. The molecule has 0 saturated heterocycles. The molecule has 2 nitrogen and oxygen atoms in total. The topological polar surface area (TPSA) is 17.3 Å². The van der Waals surface area contributed by atoms with Crippen LogP contribution >= 0.6 is 22.9 Å². The van der Waals surface area contributed by atoms with E-state index in [1.54, 1.807) is 11.3 Å². The highest BCUT2D eigenvalue weighted by Gasteiger charge is 2.11. The largest absolute Gasteiger partial charge is 0.311 e. The van der Waals surface area contributed by atoms with Crippen LogP contribution in [0.15, 0.2) is 42.6 Å². The summed E-state index contributed by atoms with van der Waals surface area (Å²) in [7, 11) is 0. The zero-order valence-electron chi connectivity index (χ0n) is 8.72. The molecule has 0 N–H and O–H groups in total. The first-order chi connectivity index (χ1) is 8.34. The third kappa shape index (κ3) is 1.18. The maximum atomic E-state index is 6.18. The molecule has 4 heteroatoms. The summed E-state index contributed by atoms with van der Waals surface area (Å²) < 4.78 is 3.36. The van der Waals surface area contributed by atoms with Crippen molar-refractivity contribution < 1.29 is 0 Å². The zero-order chi connectivity index (χ0) is 11.4. The van der Waals surface area contributed by atoms with Gasteiger partial charge in [-0.3, -0.25) is 0 Å². The van der Waals surface area contributed by atoms with Crippen LogP contribution in [0, 0.1) is 0 Å². The Hall–Kier alpha value is -1.58. The Morgan fingerprint density at radius 2 is 2.00 bits per heavy atom. The first kappa shape index (κ1) is 9.45. The molecule has 0 radical (unpaired) electrons. The highest BCUT2D eigenvalue weighted by molar-refractivity contribution is 7.25. The van der Waals surface area contributed by atoms with Crippen molar-refractivity contribution in [2.45, 2.75) is 0 Å². The number of halogens is 1. The number of aromatic nitrogens is 2. The van der Waals surface area contributed by atoms with E-state index in [0.29, 0.717) is 5.15 Å². The van der Waals surface area contributed by atoms with E-state index in [1.807, 2.05) is 24.4 Å². The molecule has 0 atom stereocenters. The monoisotopic (exact) mass is 258 g/mol. The van der Waals surface area contributed by atoms with Gasteiger partial charge in [-0.25, -0.2) is 4.98 Å². The van der Waals surface area contributed by atoms with Gasteiger partial charge in [-0.2, -0.15) is 0 Å². The second kappa shape index (κ2) is 3.22. The van der Waals surface area contributed by atoms with Crippen LogP contribution in [0.3, 0.4) is 0 Å². The first-order valence-corrected chi connectivity index (χ1v) is 6.48. The zero-order valence-corrected chi connectivity index (χ0v) is 10.3. The van der Waals surface area contributed by atoms with E-state index in [0.717, 1.165) is 15.9 Å². The van der Waals surface area contributed by atoms with Crippen LogP contribution in [-0.4, -0.2) is 9.38 Å². The predicted octanol–water partition coefficient (Wildman–Crippen LogP) is 4.36. The molecule has 0 aliphatic heterocycles. The van der Waals surface area contributed by atoms with Crippen molar-refractivity contribution in [1.29, 1.82) is 0 Å². The van der Waals surface area contributed by atoms with Gasteiger partial charge in [0.1, 0.15) is 4.83 Å². The minimum Gasteiger partial charge on any atom is -0.311 e. The standard InChI is InChI=1S/C13H7ClN2S/c14-12-9-5-3-7-16(9)11-8-4-1-2-6-10(8)17-13(11)15-12/h1-7H. The summed E-state index contributed by atoms with van der Waals surface area (Å²) in [6.45, 7) is 0. The van der Waals surface area contributed by atoms with E-state index in [1.165, 1.54) is 10.1 Å². The van der Waals surface area contributed by atoms with E-state index in [-0.39, 0.29) is 0 Å². The highest BCUT2D eigenvalue weighted by atomic mass is 35.5. The third-order valence-electron chi connectivity index (χ3n) is 2.95. The van der Waals surface area contributed by atoms with E-state index in [4.69, 9.17) is 11.6 Å². The molecule has 3 heterocycles. The fourth-order valence-electron chi connectivity index (χ4n) is 2.22. The SMILES string of the molecule is Clc1nc2sc3ccccc3c2n2cccc12. The summed E-state index contributed by atoms with van der Waals surface area (Å²) in [4.78, 5) is 5.46. The number of rotatable bonds is 0. The van der Waals surface area contributed by atoms with Crippen molar-refractivity contribution in [2.75, 3.05) is 0 Å². The van der Waals surface area contributed by atoms with Gasteiger partial charge in [-0.05, 0) is 18.2 Å². The van der Waals surface area contributed by atoms with Gasteiger partial charge >= 0.3 is 0 Å². The Morgan fingerprint density at radius 3 is 2.94 bits per heavy atom. The molecule has 0 aliphatic carbocycles. The Kier molecular flexibility index (Phi) is 1.79. The highest BCUT2D eigenvalue weighted by Crippen LogP contribution is 2.34. The van der Waals surface area contributed by atoms with Gasteiger partial charge in [0.25, 0.3) is 0 Å². The smallest absolute Gasteiger partial charge is 0.154 e. The maximum absolute atomic E-state index is 6.18. The third-order valence-corrected chi connectivity index (χ3v) is 4.28. The van der Waals surface area contributed by atoms with Gasteiger partial charge in [0.15, 0.2) is 5.15 Å². The molecule has 0 bridgehead atoms. The van der Waals surface area contributed by atoms with Gasteiger partial charge in [-0.15, -0.1) is 11.3 Å². The van der Waals surface area contributed by atoms with E-state index < -0.39 is 0 Å².